The first-order valence-electron chi connectivity index (χ1n) is 10.7. The lowest BCUT2D eigenvalue weighted by atomic mass is 9.95. The number of likely N-dealkylation sites (tertiary alicyclic amines) is 1. The first-order chi connectivity index (χ1) is 15.0. The standard InChI is InChI=1S/C24H28ClN3O3/c1-31-22-4-2-3-18(15-22)16-28-17-19(5-10-23(28)29)24(30)27-13-11-26(12-14-27)21-8-6-20(25)7-9-21/h2-4,6-9,15,19H,5,10-14,16-17H2,1H3/t19-/m1/s1. The van der Waals surface area contributed by atoms with E-state index < -0.39 is 0 Å². The van der Waals surface area contributed by atoms with Crippen LogP contribution < -0.4 is 9.64 Å². The topological polar surface area (TPSA) is 53.1 Å². The molecular formula is C24H28ClN3O3. The third-order valence-corrected chi connectivity index (χ3v) is 6.39. The van der Waals surface area contributed by atoms with Crippen molar-refractivity contribution in [2.45, 2.75) is 19.4 Å². The van der Waals surface area contributed by atoms with Gasteiger partial charge in [-0.25, -0.2) is 0 Å². The van der Waals surface area contributed by atoms with Crippen LogP contribution in [0.2, 0.25) is 5.02 Å². The zero-order valence-corrected chi connectivity index (χ0v) is 18.6. The minimum atomic E-state index is -0.134. The molecule has 2 aromatic carbocycles. The highest BCUT2D eigenvalue weighted by molar-refractivity contribution is 6.30. The molecule has 2 saturated heterocycles. The van der Waals surface area contributed by atoms with Gasteiger partial charge in [-0.2, -0.15) is 0 Å². The number of carbonyl (C=O) groups excluding carboxylic acids is 2. The van der Waals surface area contributed by atoms with Crippen molar-refractivity contribution in [2.75, 3.05) is 44.7 Å². The van der Waals surface area contributed by atoms with Crippen molar-refractivity contribution in [1.82, 2.24) is 9.80 Å². The van der Waals surface area contributed by atoms with Gasteiger partial charge in [0.15, 0.2) is 0 Å². The van der Waals surface area contributed by atoms with Gasteiger partial charge in [-0.05, 0) is 48.4 Å². The Kier molecular flexibility index (Phi) is 6.66. The van der Waals surface area contributed by atoms with Crippen LogP contribution in [0, 0.1) is 5.92 Å². The summed E-state index contributed by atoms with van der Waals surface area (Å²) < 4.78 is 5.28. The number of carbonyl (C=O) groups is 2. The fourth-order valence-electron chi connectivity index (χ4n) is 4.36. The summed E-state index contributed by atoms with van der Waals surface area (Å²) in [5, 5.41) is 0.725. The highest BCUT2D eigenvalue weighted by Crippen LogP contribution is 2.25. The van der Waals surface area contributed by atoms with Gasteiger partial charge < -0.3 is 19.4 Å². The van der Waals surface area contributed by atoms with E-state index in [1.54, 1.807) is 7.11 Å². The molecule has 2 aromatic rings. The molecule has 0 saturated carbocycles. The molecular weight excluding hydrogens is 414 g/mol. The number of benzene rings is 2. The molecule has 2 amide bonds. The van der Waals surface area contributed by atoms with Gasteiger partial charge in [0.25, 0.3) is 0 Å². The van der Waals surface area contributed by atoms with Crippen LogP contribution in [0.25, 0.3) is 0 Å². The molecule has 2 heterocycles. The van der Waals surface area contributed by atoms with Crippen LogP contribution in [-0.4, -0.2) is 61.4 Å². The summed E-state index contributed by atoms with van der Waals surface area (Å²) in [5.74, 6) is 0.914. The molecule has 0 unspecified atom stereocenters. The number of nitrogens with zero attached hydrogens (tertiary/aromatic N) is 3. The van der Waals surface area contributed by atoms with Crippen LogP contribution in [0.3, 0.4) is 0 Å². The zero-order valence-electron chi connectivity index (χ0n) is 17.8. The Morgan fingerprint density at radius 2 is 1.84 bits per heavy atom. The average molecular weight is 442 g/mol. The summed E-state index contributed by atoms with van der Waals surface area (Å²) in [4.78, 5) is 31.7. The number of piperidine rings is 1. The number of ether oxygens (including phenoxy) is 1. The summed E-state index contributed by atoms with van der Waals surface area (Å²) in [6.45, 7) is 3.97. The molecule has 0 N–H and O–H groups in total. The average Bonchev–Trinajstić information content (AvgIpc) is 2.81. The Labute approximate surface area is 188 Å². The number of rotatable bonds is 5. The van der Waals surface area contributed by atoms with Gasteiger partial charge >= 0.3 is 0 Å². The normalized spacial score (nSPS) is 19.5. The molecule has 0 bridgehead atoms. The zero-order chi connectivity index (χ0) is 21.8. The van der Waals surface area contributed by atoms with E-state index in [0.29, 0.717) is 39.0 Å². The summed E-state index contributed by atoms with van der Waals surface area (Å²) in [6.07, 6.45) is 1.05. The quantitative estimate of drug-likeness (QED) is 0.713. The maximum Gasteiger partial charge on any atom is 0.227 e. The van der Waals surface area contributed by atoms with Crippen molar-refractivity contribution in [3.8, 4) is 5.75 Å². The molecule has 2 aliphatic heterocycles. The molecule has 0 radical (unpaired) electrons. The summed E-state index contributed by atoms with van der Waals surface area (Å²) in [5.41, 5.74) is 2.14. The minimum absolute atomic E-state index is 0.111. The van der Waals surface area contributed by atoms with Gasteiger partial charge in [-0.15, -0.1) is 0 Å². The molecule has 0 aromatic heterocycles. The number of anilines is 1. The van der Waals surface area contributed by atoms with Crippen molar-refractivity contribution in [3.05, 3.63) is 59.1 Å². The second kappa shape index (κ2) is 9.60. The Bertz CT molecular complexity index is 926. The number of amides is 2. The molecule has 164 valence electrons. The summed E-state index contributed by atoms with van der Waals surface area (Å²) >= 11 is 5.98. The van der Waals surface area contributed by atoms with E-state index in [1.807, 2.05) is 58.3 Å². The fraction of sp³-hybridized carbons (Fsp3) is 0.417. The van der Waals surface area contributed by atoms with Crippen molar-refractivity contribution >= 4 is 29.1 Å². The van der Waals surface area contributed by atoms with Gasteiger partial charge in [-0.3, -0.25) is 9.59 Å². The number of methoxy groups -OCH3 is 1. The van der Waals surface area contributed by atoms with Crippen LogP contribution in [-0.2, 0) is 16.1 Å². The van der Waals surface area contributed by atoms with Crippen LogP contribution in [0.15, 0.2) is 48.5 Å². The highest BCUT2D eigenvalue weighted by atomic mass is 35.5. The number of hydrogen-bond acceptors (Lipinski definition) is 4. The lowest BCUT2D eigenvalue weighted by Gasteiger charge is -2.39. The van der Waals surface area contributed by atoms with Gasteiger partial charge in [0.05, 0.1) is 13.0 Å². The number of hydrogen-bond donors (Lipinski definition) is 0. The maximum absolute atomic E-state index is 13.2. The van der Waals surface area contributed by atoms with Crippen LogP contribution >= 0.6 is 11.6 Å². The highest BCUT2D eigenvalue weighted by Gasteiger charge is 2.34. The SMILES string of the molecule is COc1cccc(CN2C[C@H](C(=O)N3CCN(c4ccc(Cl)cc4)CC3)CCC2=O)c1. The lowest BCUT2D eigenvalue weighted by molar-refractivity contribution is -0.143. The predicted molar refractivity (Wildman–Crippen MR) is 121 cm³/mol. The molecule has 31 heavy (non-hydrogen) atoms. The first kappa shape index (κ1) is 21.5. The largest absolute Gasteiger partial charge is 0.497 e. The summed E-state index contributed by atoms with van der Waals surface area (Å²) in [6, 6.07) is 15.6. The third-order valence-electron chi connectivity index (χ3n) is 6.14. The van der Waals surface area contributed by atoms with Gasteiger partial charge in [0, 0.05) is 56.4 Å². The van der Waals surface area contributed by atoms with E-state index in [4.69, 9.17) is 16.3 Å². The smallest absolute Gasteiger partial charge is 0.227 e. The third kappa shape index (κ3) is 5.13. The van der Waals surface area contributed by atoms with E-state index >= 15 is 0 Å². The monoisotopic (exact) mass is 441 g/mol. The Balaban J connectivity index is 1.34. The predicted octanol–water partition coefficient (Wildman–Crippen LogP) is 3.44. The van der Waals surface area contributed by atoms with Gasteiger partial charge in [0.2, 0.25) is 11.8 Å². The van der Waals surface area contributed by atoms with E-state index in [2.05, 4.69) is 4.90 Å². The molecule has 7 heteroatoms. The van der Waals surface area contributed by atoms with Gasteiger partial charge in [-0.1, -0.05) is 23.7 Å². The van der Waals surface area contributed by atoms with Crippen molar-refractivity contribution in [2.24, 2.45) is 5.92 Å². The van der Waals surface area contributed by atoms with Crippen molar-refractivity contribution < 1.29 is 14.3 Å². The van der Waals surface area contributed by atoms with Crippen molar-refractivity contribution in [3.63, 3.8) is 0 Å². The van der Waals surface area contributed by atoms with E-state index in [0.717, 1.165) is 35.1 Å². The van der Waals surface area contributed by atoms with Crippen LogP contribution in [0.5, 0.6) is 5.75 Å². The molecule has 6 nitrogen and oxygen atoms in total. The second-order valence-corrected chi connectivity index (χ2v) is 8.59. The molecule has 1 atom stereocenters. The maximum atomic E-state index is 13.2. The second-order valence-electron chi connectivity index (χ2n) is 8.15. The van der Waals surface area contributed by atoms with E-state index in [9.17, 15) is 9.59 Å². The van der Waals surface area contributed by atoms with Gasteiger partial charge in [0.1, 0.15) is 5.75 Å². The minimum Gasteiger partial charge on any atom is -0.497 e. The number of piperazine rings is 1. The molecule has 2 fully saturated rings. The van der Waals surface area contributed by atoms with Crippen LogP contribution in [0.1, 0.15) is 18.4 Å². The van der Waals surface area contributed by atoms with Crippen molar-refractivity contribution in [1.29, 1.82) is 0 Å². The Morgan fingerprint density at radius 3 is 2.55 bits per heavy atom. The Morgan fingerprint density at radius 1 is 1.10 bits per heavy atom. The first-order valence-corrected chi connectivity index (χ1v) is 11.1. The molecule has 4 rings (SSSR count). The Hall–Kier alpha value is -2.73. The van der Waals surface area contributed by atoms with E-state index in [1.165, 1.54) is 0 Å². The fourth-order valence-corrected chi connectivity index (χ4v) is 4.48. The number of halogens is 1. The van der Waals surface area contributed by atoms with Crippen LogP contribution in [0.4, 0.5) is 5.69 Å². The molecule has 0 spiro atoms. The molecule has 2 aliphatic rings. The van der Waals surface area contributed by atoms with E-state index in [-0.39, 0.29) is 17.7 Å². The summed E-state index contributed by atoms with van der Waals surface area (Å²) in [7, 11) is 1.63. The molecule has 0 aliphatic carbocycles. The lowest BCUT2D eigenvalue weighted by Crippen LogP contribution is -2.53.